The van der Waals surface area contributed by atoms with Crippen molar-refractivity contribution < 1.29 is 9.53 Å². The summed E-state index contributed by atoms with van der Waals surface area (Å²) in [5.74, 6) is -0.677. The SMILES string of the molecule is CCOC(=O)c1c(Cl)nc(Cl)c(N)c1Cl. The van der Waals surface area contributed by atoms with E-state index in [1.54, 1.807) is 6.92 Å². The number of ether oxygens (including phenoxy) is 1. The maximum Gasteiger partial charge on any atom is 0.342 e. The fraction of sp³-hybridized carbons (Fsp3) is 0.250. The van der Waals surface area contributed by atoms with Crippen molar-refractivity contribution in [2.24, 2.45) is 0 Å². The lowest BCUT2D eigenvalue weighted by Gasteiger charge is -2.08. The first-order valence-electron chi connectivity index (χ1n) is 3.96. The van der Waals surface area contributed by atoms with Crippen LogP contribution in [-0.2, 0) is 4.74 Å². The second-order valence-corrected chi connectivity index (χ2v) is 3.61. The van der Waals surface area contributed by atoms with Crippen LogP contribution in [0.15, 0.2) is 0 Å². The van der Waals surface area contributed by atoms with Crippen LogP contribution in [0.25, 0.3) is 0 Å². The number of pyridine rings is 1. The van der Waals surface area contributed by atoms with Gasteiger partial charge in [0.15, 0.2) is 5.15 Å². The van der Waals surface area contributed by atoms with Gasteiger partial charge < -0.3 is 10.5 Å². The number of nitrogens with two attached hydrogens (primary N) is 1. The molecule has 0 atom stereocenters. The van der Waals surface area contributed by atoms with Crippen LogP contribution < -0.4 is 5.73 Å². The van der Waals surface area contributed by atoms with Crippen molar-refractivity contribution in [1.82, 2.24) is 4.98 Å². The van der Waals surface area contributed by atoms with E-state index in [4.69, 9.17) is 45.3 Å². The Balaban J connectivity index is 3.29. The molecule has 1 aromatic rings. The van der Waals surface area contributed by atoms with Gasteiger partial charge in [0.2, 0.25) is 0 Å². The number of rotatable bonds is 2. The van der Waals surface area contributed by atoms with Crippen molar-refractivity contribution in [3.05, 3.63) is 20.9 Å². The van der Waals surface area contributed by atoms with Crippen molar-refractivity contribution >= 4 is 46.5 Å². The van der Waals surface area contributed by atoms with Crippen molar-refractivity contribution in [2.45, 2.75) is 6.92 Å². The number of hydrogen-bond donors (Lipinski definition) is 1. The lowest BCUT2D eigenvalue weighted by molar-refractivity contribution is 0.0526. The van der Waals surface area contributed by atoms with Gasteiger partial charge in [-0.15, -0.1) is 0 Å². The summed E-state index contributed by atoms with van der Waals surface area (Å²) in [5, 5.41) is -0.214. The maximum absolute atomic E-state index is 11.4. The third kappa shape index (κ3) is 2.45. The molecule has 15 heavy (non-hydrogen) atoms. The minimum atomic E-state index is -0.677. The number of aromatic nitrogens is 1. The Labute approximate surface area is 101 Å². The smallest absolute Gasteiger partial charge is 0.342 e. The molecule has 0 bridgehead atoms. The van der Waals surface area contributed by atoms with Gasteiger partial charge in [-0.3, -0.25) is 0 Å². The molecule has 7 heteroatoms. The zero-order valence-electron chi connectivity index (χ0n) is 7.68. The van der Waals surface area contributed by atoms with E-state index >= 15 is 0 Å². The summed E-state index contributed by atoms with van der Waals surface area (Å²) < 4.78 is 4.74. The molecule has 0 aromatic carbocycles. The van der Waals surface area contributed by atoms with Crippen LogP contribution in [0.2, 0.25) is 15.3 Å². The predicted molar refractivity (Wildman–Crippen MR) is 59.6 cm³/mol. The zero-order chi connectivity index (χ0) is 11.6. The van der Waals surface area contributed by atoms with E-state index in [9.17, 15) is 4.79 Å². The molecule has 1 rings (SSSR count). The quantitative estimate of drug-likeness (QED) is 0.662. The summed E-state index contributed by atoms with van der Waals surface area (Å²) in [7, 11) is 0. The summed E-state index contributed by atoms with van der Waals surface area (Å²) in [6.07, 6.45) is 0. The third-order valence-corrected chi connectivity index (χ3v) is 2.51. The summed E-state index contributed by atoms with van der Waals surface area (Å²) in [5.41, 5.74) is 5.43. The number of nitrogens with zero attached hydrogens (tertiary/aromatic N) is 1. The molecule has 82 valence electrons. The summed E-state index contributed by atoms with van der Waals surface area (Å²) >= 11 is 17.1. The van der Waals surface area contributed by atoms with E-state index in [1.165, 1.54) is 0 Å². The van der Waals surface area contributed by atoms with Gasteiger partial charge in [-0.25, -0.2) is 9.78 Å². The molecule has 0 spiro atoms. The number of nitrogen functional groups attached to an aromatic ring is 1. The molecule has 0 aliphatic rings. The Morgan fingerprint density at radius 3 is 2.53 bits per heavy atom. The van der Waals surface area contributed by atoms with E-state index in [0.29, 0.717) is 0 Å². The third-order valence-electron chi connectivity index (χ3n) is 1.56. The van der Waals surface area contributed by atoms with Gasteiger partial charge in [-0.2, -0.15) is 0 Å². The Morgan fingerprint density at radius 2 is 2.00 bits per heavy atom. The van der Waals surface area contributed by atoms with Crippen LogP contribution in [0.1, 0.15) is 17.3 Å². The zero-order valence-corrected chi connectivity index (χ0v) is 9.95. The normalized spacial score (nSPS) is 10.1. The summed E-state index contributed by atoms with van der Waals surface area (Å²) in [6, 6.07) is 0. The topological polar surface area (TPSA) is 65.2 Å². The molecule has 1 aromatic heterocycles. The van der Waals surface area contributed by atoms with Crippen LogP contribution in [0.3, 0.4) is 0 Å². The molecular formula is C8H7Cl3N2O2. The van der Waals surface area contributed by atoms with Crippen LogP contribution in [0.4, 0.5) is 5.69 Å². The molecule has 1 heterocycles. The standard InChI is InChI=1S/C8H7Cl3N2O2/c1-2-15-8(14)3-4(9)5(12)7(11)13-6(3)10/h2,12H2,1H3. The lowest BCUT2D eigenvalue weighted by atomic mass is 10.2. The largest absolute Gasteiger partial charge is 0.462 e. The molecule has 0 aliphatic heterocycles. The van der Waals surface area contributed by atoms with Crippen LogP contribution in [0, 0.1) is 0 Å². The van der Waals surface area contributed by atoms with Gasteiger partial charge in [-0.1, -0.05) is 34.8 Å². The van der Waals surface area contributed by atoms with Gasteiger partial charge in [-0.05, 0) is 6.92 Å². The average molecular weight is 270 g/mol. The first-order chi connectivity index (χ1) is 6.99. The highest BCUT2D eigenvalue weighted by atomic mass is 35.5. The first-order valence-corrected chi connectivity index (χ1v) is 5.09. The Morgan fingerprint density at radius 1 is 1.40 bits per heavy atom. The van der Waals surface area contributed by atoms with Crippen molar-refractivity contribution in [2.75, 3.05) is 12.3 Å². The fourth-order valence-corrected chi connectivity index (χ4v) is 1.73. The Hall–Kier alpha value is -0.710. The number of halogens is 3. The van der Waals surface area contributed by atoms with E-state index in [0.717, 1.165) is 0 Å². The monoisotopic (exact) mass is 268 g/mol. The van der Waals surface area contributed by atoms with Gasteiger partial charge in [0.05, 0.1) is 17.3 Å². The molecule has 4 nitrogen and oxygen atoms in total. The molecular weight excluding hydrogens is 262 g/mol. The van der Waals surface area contributed by atoms with Crippen LogP contribution in [-0.4, -0.2) is 17.6 Å². The van der Waals surface area contributed by atoms with E-state index in [-0.39, 0.29) is 33.2 Å². The number of carbonyl (C=O) groups is 1. The summed E-state index contributed by atoms with van der Waals surface area (Å²) in [4.78, 5) is 15.1. The first kappa shape index (κ1) is 12.4. The van der Waals surface area contributed by atoms with Gasteiger partial charge >= 0.3 is 5.97 Å². The highest BCUT2D eigenvalue weighted by Crippen LogP contribution is 2.33. The number of esters is 1. The molecule has 0 radical (unpaired) electrons. The fourth-order valence-electron chi connectivity index (χ4n) is 0.895. The van der Waals surface area contributed by atoms with Crippen LogP contribution in [0.5, 0.6) is 0 Å². The van der Waals surface area contributed by atoms with Gasteiger partial charge in [0.25, 0.3) is 0 Å². The Bertz CT molecular complexity index is 409. The number of carbonyl (C=O) groups excluding carboxylic acids is 1. The maximum atomic E-state index is 11.4. The van der Waals surface area contributed by atoms with Crippen molar-refractivity contribution in [3.63, 3.8) is 0 Å². The van der Waals surface area contributed by atoms with Gasteiger partial charge in [0.1, 0.15) is 10.7 Å². The minimum absolute atomic E-state index is 0.00536. The van der Waals surface area contributed by atoms with E-state index in [1.807, 2.05) is 0 Å². The Kier molecular flexibility index (Phi) is 4.02. The molecule has 0 amide bonds. The second-order valence-electron chi connectivity index (χ2n) is 2.52. The molecule has 0 unspecified atom stereocenters. The van der Waals surface area contributed by atoms with E-state index < -0.39 is 5.97 Å². The average Bonchev–Trinajstić information content (AvgIpc) is 2.15. The molecule has 2 N–H and O–H groups in total. The summed E-state index contributed by atoms with van der Waals surface area (Å²) in [6.45, 7) is 1.86. The molecule has 0 saturated carbocycles. The lowest BCUT2D eigenvalue weighted by Crippen LogP contribution is -2.09. The van der Waals surface area contributed by atoms with Crippen LogP contribution >= 0.6 is 34.8 Å². The highest BCUT2D eigenvalue weighted by molar-refractivity contribution is 6.43. The van der Waals surface area contributed by atoms with Gasteiger partial charge in [0, 0.05) is 0 Å². The van der Waals surface area contributed by atoms with Crippen molar-refractivity contribution in [3.8, 4) is 0 Å². The predicted octanol–water partition coefficient (Wildman–Crippen LogP) is 2.80. The number of anilines is 1. The second kappa shape index (κ2) is 4.88. The highest BCUT2D eigenvalue weighted by Gasteiger charge is 2.21. The molecule has 0 fully saturated rings. The number of hydrogen-bond acceptors (Lipinski definition) is 4. The van der Waals surface area contributed by atoms with E-state index in [2.05, 4.69) is 4.98 Å². The molecule has 0 aliphatic carbocycles. The minimum Gasteiger partial charge on any atom is -0.462 e. The van der Waals surface area contributed by atoms with Crippen molar-refractivity contribution in [1.29, 1.82) is 0 Å². The molecule has 0 saturated heterocycles.